The topological polar surface area (TPSA) is 69.6 Å². The molecule has 1 saturated heterocycles. The van der Waals surface area contributed by atoms with Gasteiger partial charge in [0.1, 0.15) is 0 Å². The summed E-state index contributed by atoms with van der Waals surface area (Å²) < 4.78 is 28.4. The molecule has 4 rings (SSSR count). The number of nitrogens with zero attached hydrogens (tertiary/aromatic N) is 1. The van der Waals surface area contributed by atoms with Gasteiger partial charge in [-0.2, -0.15) is 0 Å². The molecule has 3 atom stereocenters. The number of benzene rings is 2. The molecule has 5 nitrogen and oxygen atoms in total. The van der Waals surface area contributed by atoms with Gasteiger partial charge in [0.15, 0.2) is 0 Å². The van der Waals surface area contributed by atoms with Crippen LogP contribution >= 0.6 is 0 Å². The number of aliphatic hydroxyl groups excluding tert-OH is 1. The number of aliphatic hydroxyl groups is 1. The minimum Gasteiger partial charge on any atom is -0.390 e. The van der Waals surface area contributed by atoms with Gasteiger partial charge in [0.25, 0.3) is 0 Å². The minimum atomic E-state index is -3.69. The molecule has 164 valence electrons. The molecule has 2 bridgehead atoms. The van der Waals surface area contributed by atoms with Crippen molar-refractivity contribution >= 4 is 20.8 Å². The van der Waals surface area contributed by atoms with Crippen LogP contribution < -0.4 is 4.72 Å². The summed E-state index contributed by atoms with van der Waals surface area (Å²) in [4.78, 5) is 2.59. The molecule has 0 radical (unpaired) electrons. The van der Waals surface area contributed by atoms with Crippen LogP contribution in [0.25, 0.3) is 10.8 Å². The van der Waals surface area contributed by atoms with Crippen LogP contribution in [0.15, 0.2) is 47.4 Å². The second-order valence-electron chi connectivity index (χ2n) is 10.6. The molecule has 2 aliphatic rings. The predicted molar refractivity (Wildman–Crippen MR) is 121 cm³/mol. The lowest BCUT2D eigenvalue weighted by atomic mass is 9.58. The fourth-order valence-corrected chi connectivity index (χ4v) is 7.59. The maximum absolute atomic E-state index is 12.9. The molecule has 2 aromatic rings. The number of piperidine rings is 1. The smallest absolute Gasteiger partial charge is 0.241 e. The van der Waals surface area contributed by atoms with Crippen LogP contribution in [0.5, 0.6) is 0 Å². The molecule has 0 unspecified atom stereocenters. The Bertz CT molecular complexity index is 1010. The van der Waals surface area contributed by atoms with Crippen LogP contribution in [-0.4, -0.2) is 50.7 Å². The molecular weight excluding hydrogens is 396 g/mol. The van der Waals surface area contributed by atoms with E-state index in [0.717, 1.165) is 18.5 Å². The third-order valence-corrected chi connectivity index (χ3v) is 8.15. The van der Waals surface area contributed by atoms with Gasteiger partial charge in [0.05, 0.1) is 11.0 Å². The number of fused-ring (bicyclic) bond motifs is 3. The second-order valence-corrected chi connectivity index (χ2v) is 12.3. The van der Waals surface area contributed by atoms with Crippen molar-refractivity contribution in [2.75, 3.05) is 26.2 Å². The molecule has 1 aliphatic carbocycles. The first-order valence-corrected chi connectivity index (χ1v) is 12.4. The second kappa shape index (κ2) is 7.90. The first-order chi connectivity index (χ1) is 14.1. The molecular formula is C24H34N2O3S. The van der Waals surface area contributed by atoms with Gasteiger partial charge in [-0.1, -0.05) is 57.2 Å². The highest BCUT2D eigenvalue weighted by molar-refractivity contribution is 7.89. The quantitative estimate of drug-likeness (QED) is 0.734. The molecule has 0 spiro atoms. The SMILES string of the molecule is CC1(C)C[C@@H]2CN(C[C@@H](O)CNS(=O)(=O)c3cccc4ccccc34)C[C@](C)(C2)C1. The van der Waals surface area contributed by atoms with Crippen molar-refractivity contribution in [2.24, 2.45) is 16.7 Å². The van der Waals surface area contributed by atoms with E-state index < -0.39 is 16.1 Å². The summed E-state index contributed by atoms with van der Waals surface area (Å²) in [5, 5.41) is 12.2. The van der Waals surface area contributed by atoms with Crippen molar-refractivity contribution in [3.8, 4) is 0 Å². The van der Waals surface area contributed by atoms with Gasteiger partial charge >= 0.3 is 0 Å². The lowest BCUT2D eigenvalue weighted by Crippen LogP contribution is -2.54. The monoisotopic (exact) mass is 430 g/mol. The summed E-state index contributed by atoms with van der Waals surface area (Å²) in [5.41, 5.74) is 0.670. The zero-order valence-electron chi connectivity index (χ0n) is 18.3. The third kappa shape index (κ3) is 4.72. The van der Waals surface area contributed by atoms with E-state index in [1.807, 2.05) is 30.3 Å². The Labute approximate surface area is 180 Å². The van der Waals surface area contributed by atoms with Gasteiger partial charge in [0.2, 0.25) is 10.0 Å². The number of sulfonamides is 1. The molecule has 1 heterocycles. The number of rotatable bonds is 6. The molecule has 6 heteroatoms. The zero-order chi connectivity index (χ0) is 21.6. The number of hydrogen-bond acceptors (Lipinski definition) is 4. The van der Waals surface area contributed by atoms with Gasteiger partial charge in [-0.3, -0.25) is 4.90 Å². The summed E-state index contributed by atoms with van der Waals surface area (Å²) >= 11 is 0. The van der Waals surface area contributed by atoms with Crippen molar-refractivity contribution in [2.45, 2.75) is 51.0 Å². The van der Waals surface area contributed by atoms with Crippen LogP contribution in [-0.2, 0) is 10.0 Å². The highest BCUT2D eigenvalue weighted by Crippen LogP contribution is 2.51. The normalized spacial score (nSPS) is 27.8. The Hall–Kier alpha value is -1.47. The first-order valence-electron chi connectivity index (χ1n) is 10.9. The van der Waals surface area contributed by atoms with Crippen LogP contribution in [0.1, 0.15) is 40.0 Å². The van der Waals surface area contributed by atoms with Gasteiger partial charge in [-0.05, 0) is 47.5 Å². The van der Waals surface area contributed by atoms with E-state index in [1.165, 1.54) is 19.3 Å². The fraction of sp³-hybridized carbons (Fsp3) is 0.583. The van der Waals surface area contributed by atoms with Crippen LogP contribution in [0.2, 0.25) is 0 Å². The van der Waals surface area contributed by atoms with E-state index in [0.29, 0.717) is 23.3 Å². The highest BCUT2D eigenvalue weighted by Gasteiger charge is 2.45. The van der Waals surface area contributed by atoms with Crippen molar-refractivity contribution < 1.29 is 13.5 Å². The summed E-state index contributed by atoms with van der Waals surface area (Å²) in [6, 6.07) is 12.7. The van der Waals surface area contributed by atoms with Gasteiger partial charge in [-0.25, -0.2) is 13.1 Å². The summed E-state index contributed by atoms with van der Waals surface area (Å²) in [5.74, 6) is 0.659. The fourth-order valence-electron chi connectivity index (χ4n) is 6.28. The minimum absolute atomic E-state index is 0.0227. The Morgan fingerprint density at radius 2 is 1.87 bits per heavy atom. The van der Waals surface area contributed by atoms with Crippen LogP contribution in [0, 0.1) is 16.7 Å². The molecule has 2 fully saturated rings. The van der Waals surface area contributed by atoms with Gasteiger partial charge < -0.3 is 5.11 Å². The van der Waals surface area contributed by atoms with Crippen LogP contribution in [0.4, 0.5) is 0 Å². The molecule has 0 amide bonds. The largest absolute Gasteiger partial charge is 0.390 e. The van der Waals surface area contributed by atoms with E-state index in [9.17, 15) is 13.5 Å². The van der Waals surface area contributed by atoms with Crippen molar-refractivity contribution in [1.82, 2.24) is 9.62 Å². The van der Waals surface area contributed by atoms with E-state index >= 15 is 0 Å². The van der Waals surface area contributed by atoms with Gasteiger partial charge in [-0.15, -0.1) is 0 Å². The third-order valence-electron chi connectivity index (χ3n) is 6.67. The average molecular weight is 431 g/mol. The highest BCUT2D eigenvalue weighted by atomic mass is 32.2. The molecule has 2 N–H and O–H groups in total. The number of hydrogen-bond donors (Lipinski definition) is 2. The Morgan fingerprint density at radius 3 is 2.63 bits per heavy atom. The Kier molecular flexibility index (Phi) is 5.73. The average Bonchev–Trinajstić information content (AvgIpc) is 2.63. The summed E-state index contributed by atoms with van der Waals surface area (Å²) in [6.45, 7) is 9.59. The summed E-state index contributed by atoms with van der Waals surface area (Å²) in [6.07, 6.45) is 2.96. The molecule has 1 saturated carbocycles. The van der Waals surface area contributed by atoms with Crippen molar-refractivity contribution in [3.63, 3.8) is 0 Å². The Balaban J connectivity index is 1.38. The zero-order valence-corrected chi connectivity index (χ0v) is 19.1. The predicted octanol–water partition coefficient (Wildman–Crippen LogP) is 3.63. The van der Waals surface area contributed by atoms with Gasteiger partial charge in [0, 0.05) is 31.6 Å². The van der Waals surface area contributed by atoms with Crippen LogP contribution in [0.3, 0.4) is 0 Å². The molecule has 1 aliphatic heterocycles. The standard InChI is InChI=1S/C24H34N2O3S/c1-23(2)11-18-12-24(3,16-23)17-26(14-18)15-20(27)13-25-30(28,29)22-10-6-8-19-7-4-5-9-21(19)22/h4-10,18,20,25,27H,11-17H2,1-3H3/t18-,20-,24+/m0/s1. The number of β-amino-alcohol motifs (C(OH)–C–C–N with tert-alkyl or cyclic N) is 1. The van der Waals surface area contributed by atoms with Crippen molar-refractivity contribution in [1.29, 1.82) is 0 Å². The molecule has 30 heavy (non-hydrogen) atoms. The molecule has 2 aromatic carbocycles. The van der Waals surface area contributed by atoms with Crippen molar-refractivity contribution in [3.05, 3.63) is 42.5 Å². The van der Waals surface area contributed by atoms with E-state index in [1.54, 1.807) is 12.1 Å². The Morgan fingerprint density at radius 1 is 1.13 bits per heavy atom. The van der Waals surface area contributed by atoms with E-state index in [4.69, 9.17) is 0 Å². The lowest BCUT2D eigenvalue weighted by Gasteiger charge is -2.54. The lowest BCUT2D eigenvalue weighted by molar-refractivity contribution is -0.0446. The number of likely N-dealkylation sites (tertiary alicyclic amines) is 1. The first kappa shape index (κ1) is 21.8. The maximum atomic E-state index is 12.9. The maximum Gasteiger partial charge on any atom is 0.241 e. The molecule has 0 aromatic heterocycles. The summed E-state index contributed by atoms with van der Waals surface area (Å²) in [7, 11) is -3.69. The number of nitrogens with one attached hydrogen (secondary N) is 1. The van der Waals surface area contributed by atoms with E-state index in [-0.39, 0.29) is 16.9 Å². The van der Waals surface area contributed by atoms with E-state index in [2.05, 4.69) is 30.4 Å².